The summed E-state index contributed by atoms with van der Waals surface area (Å²) in [6.45, 7) is 6.13. The van der Waals surface area contributed by atoms with E-state index < -0.39 is 0 Å². The van der Waals surface area contributed by atoms with Crippen molar-refractivity contribution in [2.24, 2.45) is 0 Å². The second-order valence-corrected chi connectivity index (χ2v) is 3.55. The fourth-order valence-electron chi connectivity index (χ4n) is 1.48. The van der Waals surface area contributed by atoms with Crippen LogP contribution >= 0.6 is 0 Å². The van der Waals surface area contributed by atoms with Crippen LogP contribution in [0, 0.1) is 0 Å². The summed E-state index contributed by atoms with van der Waals surface area (Å²) in [4.78, 5) is 13.4. The van der Waals surface area contributed by atoms with E-state index in [-0.39, 0.29) is 5.97 Å². The van der Waals surface area contributed by atoms with Crippen molar-refractivity contribution in [2.45, 2.75) is 26.8 Å². The van der Waals surface area contributed by atoms with Crippen molar-refractivity contribution in [1.82, 2.24) is 10.1 Å². The largest absolute Gasteiger partial charge is 0.465 e. The third kappa shape index (κ3) is 4.44. The Kier molecular flexibility index (Phi) is 5.56. The Balaban J connectivity index is 2.44. The van der Waals surface area contributed by atoms with Crippen LogP contribution in [0.3, 0.4) is 0 Å². The molecule has 1 rings (SSSR count). The second kappa shape index (κ2) is 7.00. The van der Waals surface area contributed by atoms with Crippen LogP contribution in [0.2, 0.25) is 0 Å². The number of hydrogen-bond donors (Lipinski definition) is 0. The number of rotatable bonds is 7. The lowest BCUT2D eigenvalue weighted by Crippen LogP contribution is -2.31. The van der Waals surface area contributed by atoms with Crippen LogP contribution in [-0.4, -0.2) is 35.7 Å². The Labute approximate surface area is 95.4 Å². The Hall–Kier alpha value is -1.36. The van der Waals surface area contributed by atoms with E-state index in [9.17, 15) is 4.79 Å². The van der Waals surface area contributed by atoms with E-state index in [1.807, 2.05) is 11.8 Å². The lowest BCUT2D eigenvalue weighted by Gasteiger charge is -2.19. The topological polar surface area (TPSA) is 55.6 Å². The fourth-order valence-corrected chi connectivity index (χ4v) is 1.48. The minimum absolute atomic E-state index is 0.188. The first-order valence-corrected chi connectivity index (χ1v) is 5.52. The molecule has 1 aromatic rings. The van der Waals surface area contributed by atoms with Gasteiger partial charge in [-0.2, -0.15) is 0 Å². The Morgan fingerprint density at radius 1 is 1.56 bits per heavy atom. The summed E-state index contributed by atoms with van der Waals surface area (Å²) in [5.41, 5.74) is 0.970. The van der Waals surface area contributed by atoms with E-state index in [4.69, 9.17) is 9.26 Å². The number of nitrogens with zero attached hydrogens (tertiary/aromatic N) is 2. The average Bonchev–Trinajstić information content (AvgIpc) is 2.71. The molecule has 1 aromatic heterocycles. The van der Waals surface area contributed by atoms with Gasteiger partial charge >= 0.3 is 5.97 Å². The first-order chi connectivity index (χ1) is 7.76. The predicted molar refractivity (Wildman–Crippen MR) is 58.7 cm³/mol. The van der Waals surface area contributed by atoms with Gasteiger partial charge in [0.25, 0.3) is 0 Å². The van der Waals surface area contributed by atoms with Gasteiger partial charge in [-0.3, -0.25) is 9.69 Å². The summed E-state index contributed by atoms with van der Waals surface area (Å²) in [5, 5.41) is 3.63. The minimum Gasteiger partial charge on any atom is -0.465 e. The summed E-state index contributed by atoms with van der Waals surface area (Å²) < 4.78 is 9.67. The van der Waals surface area contributed by atoms with E-state index in [0.717, 1.165) is 18.5 Å². The normalized spacial score (nSPS) is 10.7. The Morgan fingerprint density at radius 3 is 2.94 bits per heavy atom. The van der Waals surface area contributed by atoms with E-state index in [0.29, 0.717) is 19.7 Å². The standard InChI is InChI=1S/C11H18N2O3/c1-3-5-13(8-11(14)15-4-2)7-10-6-12-16-9-10/h6,9H,3-5,7-8H2,1-2H3. The summed E-state index contributed by atoms with van der Waals surface area (Å²) >= 11 is 0. The predicted octanol–water partition coefficient (Wildman–Crippen LogP) is 1.45. The molecular weight excluding hydrogens is 208 g/mol. The van der Waals surface area contributed by atoms with Crippen LogP contribution in [0.15, 0.2) is 17.0 Å². The molecule has 0 saturated heterocycles. The molecule has 0 bridgehead atoms. The lowest BCUT2D eigenvalue weighted by atomic mass is 10.3. The van der Waals surface area contributed by atoms with Crippen molar-refractivity contribution in [3.63, 3.8) is 0 Å². The summed E-state index contributed by atoms with van der Waals surface area (Å²) in [5.74, 6) is -0.188. The monoisotopic (exact) mass is 226 g/mol. The number of ether oxygens (including phenoxy) is 1. The van der Waals surface area contributed by atoms with E-state index in [1.54, 1.807) is 12.5 Å². The molecule has 5 nitrogen and oxygen atoms in total. The van der Waals surface area contributed by atoms with Crippen molar-refractivity contribution >= 4 is 5.97 Å². The molecule has 1 heterocycles. The third-order valence-electron chi connectivity index (χ3n) is 2.09. The van der Waals surface area contributed by atoms with Crippen LogP contribution < -0.4 is 0 Å². The van der Waals surface area contributed by atoms with Gasteiger partial charge in [-0.05, 0) is 19.9 Å². The van der Waals surface area contributed by atoms with Gasteiger partial charge in [-0.1, -0.05) is 12.1 Å². The van der Waals surface area contributed by atoms with E-state index in [1.165, 1.54) is 0 Å². The van der Waals surface area contributed by atoms with Gasteiger partial charge in [0.15, 0.2) is 0 Å². The molecule has 0 N–H and O–H groups in total. The van der Waals surface area contributed by atoms with Crippen LogP contribution in [0.25, 0.3) is 0 Å². The molecule has 0 amide bonds. The number of esters is 1. The maximum Gasteiger partial charge on any atom is 0.320 e. The van der Waals surface area contributed by atoms with Gasteiger partial charge in [0.2, 0.25) is 0 Å². The molecule has 0 aliphatic rings. The quantitative estimate of drug-likeness (QED) is 0.659. The molecule has 0 aromatic carbocycles. The molecule has 0 aliphatic heterocycles. The molecular formula is C11H18N2O3. The number of hydrogen-bond acceptors (Lipinski definition) is 5. The molecule has 0 spiro atoms. The van der Waals surface area contributed by atoms with Crippen LogP contribution in [-0.2, 0) is 16.1 Å². The molecule has 0 atom stereocenters. The zero-order valence-corrected chi connectivity index (χ0v) is 9.81. The number of carbonyl (C=O) groups excluding carboxylic acids is 1. The van der Waals surface area contributed by atoms with Crippen LogP contribution in [0.4, 0.5) is 0 Å². The van der Waals surface area contributed by atoms with Crippen molar-refractivity contribution < 1.29 is 14.1 Å². The third-order valence-corrected chi connectivity index (χ3v) is 2.09. The minimum atomic E-state index is -0.188. The van der Waals surface area contributed by atoms with Gasteiger partial charge < -0.3 is 9.26 Å². The Morgan fingerprint density at radius 2 is 2.38 bits per heavy atom. The second-order valence-electron chi connectivity index (χ2n) is 3.55. The molecule has 0 unspecified atom stereocenters. The Bertz CT molecular complexity index is 298. The van der Waals surface area contributed by atoms with Crippen molar-refractivity contribution in [2.75, 3.05) is 19.7 Å². The summed E-state index contributed by atoms with van der Waals surface area (Å²) in [6, 6.07) is 0. The van der Waals surface area contributed by atoms with Gasteiger partial charge in [0, 0.05) is 12.1 Å². The van der Waals surface area contributed by atoms with Crippen LogP contribution in [0.1, 0.15) is 25.8 Å². The molecule has 0 radical (unpaired) electrons. The lowest BCUT2D eigenvalue weighted by molar-refractivity contribution is -0.144. The van der Waals surface area contributed by atoms with Gasteiger partial charge in [-0.15, -0.1) is 0 Å². The zero-order valence-electron chi connectivity index (χ0n) is 9.81. The van der Waals surface area contributed by atoms with E-state index >= 15 is 0 Å². The molecule has 0 aliphatic carbocycles. The highest BCUT2D eigenvalue weighted by molar-refractivity contribution is 5.71. The van der Waals surface area contributed by atoms with Gasteiger partial charge in [0.1, 0.15) is 6.26 Å². The molecule has 0 saturated carbocycles. The van der Waals surface area contributed by atoms with Gasteiger partial charge in [-0.25, -0.2) is 0 Å². The highest BCUT2D eigenvalue weighted by Crippen LogP contribution is 2.04. The number of carbonyl (C=O) groups is 1. The maximum atomic E-state index is 11.4. The van der Waals surface area contributed by atoms with Crippen molar-refractivity contribution in [3.05, 3.63) is 18.0 Å². The fraction of sp³-hybridized carbons (Fsp3) is 0.636. The highest BCUT2D eigenvalue weighted by Gasteiger charge is 2.11. The van der Waals surface area contributed by atoms with Crippen molar-refractivity contribution in [3.8, 4) is 0 Å². The van der Waals surface area contributed by atoms with E-state index in [2.05, 4.69) is 12.1 Å². The van der Waals surface area contributed by atoms with Crippen LogP contribution in [0.5, 0.6) is 0 Å². The first-order valence-electron chi connectivity index (χ1n) is 5.52. The summed E-state index contributed by atoms with van der Waals surface area (Å²) in [6.07, 6.45) is 4.24. The SMILES string of the molecule is CCCN(CC(=O)OCC)Cc1cnoc1. The smallest absolute Gasteiger partial charge is 0.320 e. The molecule has 16 heavy (non-hydrogen) atoms. The molecule has 90 valence electrons. The molecule has 0 fully saturated rings. The number of aromatic nitrogens is 1. The average molecular weight is 226 g/mol. The highest BCUT2D eigenvalue weighted by atomic mass is 16.5. The van der Waals surface area contributed by atoms with Crippen molar-refractivity contribution in [1.29, 1.82) is 0 Å². The van der Waals surface area contributed by atoms with Gasteiger partial charge in [0.05, 0.1) is 19.3 Å². The zero-order chi connectivity index (χ0) is 11.8. The maximum absolute atomic E-state index is 11.4. The summed E-state index contributed by atoms with van der Waals surface area (Å²) in [7, 11) is 0. The first kappa shape index (κ1) is 12.7. The molecule has 5 heteroatoms.